The van der Waals surface area contributed by atoms with E-state index in [4.69, 9.17) is 4.42 Å². The number of furan rings is 1. The second kappa shape index (κ2) is 7.76. The van der Waals surface area contributed by atoms with E-state index in [1.165, 1.54) is 5.56 Å². The molecule has 26 heavy (non-hydrogen) atoms. The predicted molar refractivity (Wildman–Crippen MR) is 106 cm³/mol. The first kappa shape index (κ1) is 16.9. The number of hydrogen-bond acceptors (Lipinski definition) is 4. The molecule has 1 unspecified atom stereocenters. The third-order valence-electron chi connectivity index (χ3n) is 3.78. The van der Waals surface area contributed by atoms with Crippen LogP contribution < -0.4 is 4.72 Å². The third kappa shape index (κ3) is 3.81. The van der Waals surface area contributed by atoms with Gasteiger partial charge >= 0.3 is 0 Å². The van der Waals surface area contributed by atoms with Gasteiger partial charge in [0.1, 0.15) is 10.6 Å². The molecular formula is C20H16N2O2S2. The Balaban J connectivity index is 1.51. The van der Waals surface area contributed by atoms with E-state index in [0.717, 1.165) is 27.4 Å². The van der Waals surface area contributed by atoms with E-state index < -0.39 is 11.0 Å². The summed E-state index contributed by atoms with van der Waals surface area (Å²) in [6, 6.07) is 23.3. The van der Waals surface area contributed by atoms with Gasteiger partial charge in [-0.05, 0) is 23.8 Å². The van der Waals surface area contributed by atoms with Crippen LogP contribution in [0.15, 0.2) is 93.5 Å². The molecular weight excluding hydrogens is 364 g/mol. The lowest BCUT2D eigenvalue weighted by Crippen LogP contribution is -2.05. The lowest BCUT2D eigenvalue weighted by Gasteiger charge is -2.09. The van der Waals surface area contributed by atoms with Gasteiger partial charge in [0.05, 0.1) is 5.69 Å². The van der Waals surface area contributed by atoms with E-state index >= 15 is 0 Å². The van der Waals surface area contributed by atoms with Crippen molar-refractivity contribution in [2.45, 2.75) is 15.9 Å². The molecule has 0 aliphatic rings. The zero-order valence-electron chi connectivity index (χ0n) is 13.8. The number of nitrogens with one attached hydrogen (secondary N) is 1. The first-order valence-electron chi connectivity index (χ1n) is 8.08. The van der Waals surface area contributed by atoms with E-state index in [0.29, 0.717) is 5.09 Å². The Hall–Kier alpha value is -2.57. The number of fused-ring (bicyclic) bond motifs is 1. The highest BCUT2D eigenvalue weighted by atomic mass is 32.2. The number of aromatic nitrogens is 1. The zero-order valence-corrected chi connectivity index (χ0v) is 15.4. The average Bonchev–Trinajstić information content (AvgIpc) is 3.12. The van der Waals surface area contributed by atoms with Gasteiger partial charge in [0.15, 0.2) is 11.0 Å². The molecule has 0 bridgehead atoms. The predicted octanol–water partition coefficient (Wildman–Crippen LogP) is 5.25. The molecule has 4 aromatic rings. The smallest absolute Gasteiger partial charge is 0.212 e. The second-order valence-corrected chi connectivity index (χ2v) is 7.71. The van der Waals surface area contributed by atoms with Gasteiger partial charge in [-0.1, -0.05) is 60.3 Å². The number of nitrogens with zero attached hydrogens (tertiary/aromatic N) is 1. The molecule has 1 atom stereocenters. The van der Waals surface area contributed by atoms with Crippen LogP contribution in [0.5, 0.6) is 0 Å². The average molecular weight is 380 g/mol. The van der Waals surface area contributed by atoms with Crippen molar-refractivity contribution in [2.24, 2.45) is 0 Å². The molecule has 0 amide bonds. The van der Waals surface area contributed by atoms with Crippen LogP contribution in [0.3, 0.4) is 0 Å². The fourth-order valence-corrected chi connectivity index (χ4v) is 4.34. The molecule has 0 saturated carbocycles. The van der Waals surface area contributed by atoms with Crippen molar-refractivity contribution in [1.29, 1.82) is 0 Å². The number of thioether (sulfide) groups is 1. The monoisotopic (exact) mass is 380 g/mol. The van der Waals surface area contributed by atoms with E-state index in [9.17, 15) is 4.21 Å². The van der Waals surface area contributed by atoms with E-state index in [2.05, 4.69) is 21.8 Å². The second-order valence-electron chi connectivity index (χ2n) is 5.60. The summed E-state index contributed by atoms with van der Waals surface area (Å²) in [7, 11) is -1.50. The summed E-state index contributed by atoms with van der Waals surface area (Å²) >= 11 is 1.60. The molecule has 6 heteroatoms. The largest absolute Gasteiger partial charge is 0.445 e. The maximum Gasteiger partial charge on any atom is 0.212 e. The van der Waals surface area contributed by atoms with Crippen LogP contribution >= 0.6 is 11.8 Å². The molecule has 2 heterocycles. The lowest BCUT2D eigenvalue weighted by molar-refractivity contribution is 0.504. The van der Waals surface area contributed by atoms with Crippen LogP contribution in [0, 0.1) is 0 Å². The minimum absolute atomic E-state index is 0.397. The van der Waals surface area contributed by atoms with Crippen LogP contribution in [-0.2, 0) is 16.7 Å². The van der Waals surface area contributed by atoms with E-state index in [1.807, 2.05) is 54.6 Å². The molecule has 2 aromatic carbocycles. The lowest BCUT2D eigenvalue weighted by atomic mass is 10.2. The maximum atomic E-state index is 12.7. The van der Waals surface area contributed by atoms with Gasteiger partial charge in [-0.25, -0.2) is 9.19 Å². The molecule has 0 saturated heterocycles. The standard InChI is InChI=1S/C20H16N2O2S2/c23-26(19-13-16-9-4-5-11-18(16)24-19)22-17-10-6-12-21-20(17)25-14-15-7-2-1-3-8-15/h1-13,22H,14H2. The first-order chi connectivity index (χ1) is 12.8. The van der Waals surface area contributed by atoms with Gasteiger partial charge in [0.25, 0.3) is 0 Å². The van der Waals surface area contributed by atoms with Crippen molar-refractivity contribution in [3.63, 3.8) is 0 Å². The van der Waals surface area contributed by atoms with E-state index in [1.54, 1.807) is 24.0 Å². The highest BCUT2D eigenvalue weighted by molar-refractivity contribution is 7.98. The molecule has 0 fully saturated rings. The highest BCUT2D eigenvalue weighted by Gasteiger charge is 2.13. The van der Waals surface area contributed by atoms with Crippen LogP contribution in [0.2, 0.25) is 0 Å². The topological polar surface area (TPSA) is 55.1 Å². The van der Waals surface area contributed by atoms with Crippen LogP contribution in [-0.4, -0.2) is 9.19 Å². The number of anilines is 1. The van der Waals surface area contributed by atoms with Gasteiger partial charge in [-0.15, -0.1) is 0 Å². The number of hydrogen-bond donors (Lipinski definition) is 1. The van der Waals surface area contributed by atoms with Gasteiger partial charge in [-0.3, -0.25) is 4.72 Å². The van der Waals surface area contributed by atoms with Crippen molar-refractivity contribution >= 4 is 39.4 Å². The van der Waals surface area contributed by atoms with Crippen molar-refractivity contribution < 1.29 is 8.63 Å². The molecule has 0 aliphatic carbocycles. The maximum absolute atomic E-state index is 12.7. The Kier molecular flexibility index (Phi) is 5.04. The number of pyridine rings is 1. The van der Waals surface area contributed by atoms with Gasteiger partial charge in [0.2, 0.25) is 5.09 Å². The SMILES string of the molecule is O=S(Nc1cccnc1SCc1ccccc1)c1cc2ccccc2o1. The number of benzene rings is 2. The quantitative estimate of drug-likeness (QED) is 0.464. The highest BCUT2D eigenvalue weighted by Crippen LogP contribution is 2.29. The zero-order chi connectivity index (χ0) is 17.8. The molecule has 0 aliphatic heterocycles. The van der Waals surface area contributed by atoms with Crippen molar-refractivity contribution in [3.05, 3.63) is 84.6 Å². The minimum Gasteiger partial charge on any atom is -0.445 e. The summed E-state index contributed by atoms with van der Waals surface area (Å²) < 4.78 is 21.4. The van der Waals surface area contributed by atoms with Gasteiger partial charge in [0, 0.05) is 23.4 Å². The molecule has 0 spiro atoms. The molecule has 130 valence electrons. The Morgan fingerprint density at radius 1 is 1.00 bits per heavy atom. The summed E-state index contributed by atoms with van der Waals surface area (Å²) in [6.45, 7) is 0. The third-order valence-corrected chi connectivity index (χ3v) is 5.83. The number of rotatable bonds is 6. The van der Waals surface area contributed by atoms with Crippen LogP contribution in [0.1, 0.15) is 5.56 Å². The fourth-order valence-electron chi connectivity index (χ4n) is 2.51. The Labute approximate surface area is 158 Å². The van der Waals surface area contributed by atoms with Gasteiger partial charge < -0.3 is 4.42 Å². The van der Waals surface area contributed by atoms with Crippen molar-refractivity contribution in [1.82, 2.24) is 4.98 Å². The Morgan fingerprint density at radius 2 is 1.81 bits per heavy atom. The first-order valence-corrected chi connectivity index (χ1v) is 10.2. The summed E-state index contributed by atoms with van der Waals surface area (Å²) in [5.74, 6) is 0.795. The van der Waals surface area contributed by atoms with Crippen LogP contribution in [0.4, 0.5) is 5.69 Å². The summed E-state index contributed by atoms with van der Waals surface area (Å²) in [5, 5.41) is 2.14. The molecule has 4 nitrogen and oxygen atoms in total. The van der Waals surface area contributed by atoms with Crippen molar-refractivity contribution in [2.75, 3.05) is 4.72 Å². The summed E-state index contributed by atoms with van der Waals surface area (Å²) in [4.78, 5) is 4.42. The minimum atomic E-state index is -1.50. The number of para-hydroxylation sites is 1. The van der Waals surface area contributed by atoms with Gasteiger partial charge in [-0.2, -0.15) is 0 Å². The normalized spacial score (nSPS) is 12.2. The Morgan fingerprint density at radius 3 is 2.65 bits per heavy atom. The molecule has 2 aromatic heterocycles. The summed E-state index contributed by atoms with van der Waals surface area (Å²) in [5.41, 5.74) is 2.67. The van der Waals surface area contributed by atoms with E-state index in [-0.39, 0.29) is 0 Å². The van der Waals surface area contributed by atoms with Crippen LogP contribution in [0.25, 0.3) is 11.0 Å². The Bertz CT molecular complexity index is 1010. The van der Waals surface area contributed by atoms with Crippen molar-refractivity contribution in [3.8, 4) is 0 Å². The molecule has 0 radical (unpaired) electrons. The molecule has 4 rings (SSSR count). The molecule has 1 N–H and O–H groups in total. The summed E-state index contributed by atoms with van der Waals surface area (Å²) in [6.07, 6.45) is 1.74. The fraction of sp³-hybridized carbons (Fsp3) is 0.0500.